The minimum absolute atomic E-state index is 1.19. The molecule has 0 unspecified atom stereocenters. The van der Waals surface area contributed by atoms with Crippen molar-refractivity contribution in [2.75, 3.05) is 24.6 Å². The van der Waals surface area contributed by atoms with Crippen LogP contribution in [-0.2, 0) is 0 Å². The van der Waals surface area contributed by atoms with E-state index < -0.39 is 7.26 Å². The number of rotatable bonds is 56. The monoisotopic (exact) mass is 877 g/mol. The van der Waals surface area contributed by atoms with Crippen LogP contribution in [0.4, 0.5) is 0 Å². The van der Waals surface area contributed by atoms with Crippen LogP contribution in [0.3, 0.4) is 0 Å². The Bertz CT molecular complexity index is 665. The zero-order chi connectivity index (χ0) is 44.1. The maximum atomic E-state index is 2.35. The van der Waals surface area contributed by atoms with Gasteiger partial charge in [-0.3, -0.25) is 0 Å². The third-order valence-corrected chi connectivity index (χ3v) is 20.9. The standard InChI is InChI=1S/C60H125P/c1-5-9-13-17-21-25-29-32-35-38-42-46-50-54-58-61(57-53-49-45-41-28-24-20-16-12-8-4,59-55-51-47-43-39-36-33-30-26-22-18-14-10-6-2)60-56-52-48-44-40-37-34-31-27-23-19-15-11-7-3/h61H,5-60H2,1-4H3. The molecule has 0 fully saturated rings. The van der Waals surface area contributed by atoms with E-state index in [9.17, 15) is 0 Å². The van der Waals surface area contributed by atoms with E-state index in [-0.39, 0.29) is 0 Å². The summed E-state index contributed by atoms with van der Waals surface area (Å²) in [6, 6.07) is 0. The first-order chi connectivity index (χ1) is 30.2. The summed E-state index contributed by atoms with van der Waals surface area (Å²) in [6.45, 7) is 9.35. The number of hydrogen-bond donors (Lipinski definition) is 0. The van der Waals surface area contributed by atoms with Gasteiger partial charge in [0.05, 0.1) is 0 Å². The smallest absolute Gasteiger partial charge is 0.0654 e. The average molecular weight is 878 g/mol. The summed E-state index contributed by atoms with van der Waals surface area (Å²) in [6.07, 6.45) is 84.5. The fraction of sp³-hybridized carbons (Fsp3) is 1.00. The van der Waals surface area contributed by atoms with Crippen LogP contribution in [0.15, 0.2) is 0 Å². The molecule has 0 spiro atoms. The van der Waals surface area contributed by atoms with Crippen molar-refractivity contribution in [3.8, 4) is 0 Å². The predicted octanol–water partition coefficient (Wildman–Crippen LogP) is 23.1. The van der Waals surface area contributed by atoms with Gasteiger partial charge in [-0.15, -0.1) is 0 Å². The van der Waals surface area contributed by atoms with Gasteiger partial charge in [-0.1, -0.05) is 78.6 Å². The Balaban J connectivity index is 4.88. The van der Waals surface area contributed by atoms with Gasteiger partial charge in [-0.05, 0) is 0 Å². The summed E-state index contributed by atoms with van der Waals surface area (Å²) in [4.78, 5) is 0. The van der Waals surface area contributed by atoms with Crippen molar-refractivity contribution in [3.63, 3.8) is 0 Å². The molecule has 0 heterocycles. The van der Waals surface area contributed by atoms with E-state index in [1.165, 1.54) is 283 Å². The third-order valence-electron chi connectivity index (χ3n) is 15.2. The molecule has 0 aromatic carbocycles. The van der Waals surface area contributed by atoms with Crippen molar-refractivity contribution in [3.05, 3.63) is 0 Å². The van der Waals surface area contributed by atoms with E-state index in [4.69, 9.17) is 0 Å². The van der Waals surface area contributed by atoms with Crippen LogP contribution in [0.25, 0.3) is 0 Å². The fourth-order valence-electron chi connectivity index (χ4n) is 10.8. The van der Waals surface area contributed by atoms with Gasteiger partial charge in [0.1, 0.15) is 0 Å². The Morgan fingerprint density at radius 3 is 0.344 bits per heavy atom. The van der Waals surface area contributed by atoms with Crippen molar-refractivity contribution < 1.29 is 0 Å². The zero-order valence-corrected chi connectivity index (χ0v) is 45.1. The van der Waals surface area contributed by atoms with Gasteiger partial charge in [0.15, 0.2) is 0 Å². The molecule has 0 rings (SSSR count). The summed E-state index contributed by atoms with van der Waals surface area (Å²) >= 11 is 0. The maximum absolute atomic E-state index is 2.35. The van der Waals surface area contributed by atoms with Crippen LogP contribution in [0.1, 0.15) is 362 Å². The van der Waals surface area contributed by atoms with Crippen molar-refractivity contribution in [1.29, 1.82) is 0 Å². The SMILES string of the molecule is CCCCCCCCCCCCCCCC[PH](CCCCCCCCCCCC)(CCCCCCCCCCCCCCCC)CCCCCCCCCCCCCCCC. The van der Waals surface area contributed by atoms with Crippen LogP contribution in [0.2, 0.25) is 0 Å². The van der Waals surface area contributed by atoms with Crippen molar-refractivity contribution >= 4 is 7.26 Å². The molecule has 0 aliphatic rings. The molecule has 0 N–H and O–H groups in total. The van der Waals surface area contributed by atoms with Crippen LogP contribution in [0.5, 0.6) is 0 Å². The second-order valence-electron chi connectivity index (χ2n) is 21.5. The van der Waals surface area contributed by atoms with Crippen LogP contribution in [0, 0.1) is 0 Å². The first-order valence-electron chi connectivity index (χ1n) is 30.2. The third kappa shape index (κ3) is 49.7. The Kier molecular flexibility index (Phi) is 55.1. The molecule has 0 saturated heterocycles. The predicted molar refractivity (Wildman–Crippen MR) is 291 cm³/mol. The molecular weight excluding hydrogens is 752 g/mol. The molecule has 61 heavy (non-hydrogen) atoms. The molecule has 0 aromatic heterocycles. The molecule has 0 saturated carbocycles. The summed E-state index contributed by atoms with van der Waals surface area (Å²) in [5, 5.41) is 0. The average Bonchev–Trinajstić information content (AvgIpc) is 3.27. The van der Waals surface area contributed by atoms with Crippen LogP contribution >= 0.6 is 7.26 Å². The first kappa shape index (κ1) is 61.4. The molecule has 0 bridgehead atoms. The van der Waals surface area contributed by atoms with Crippen molar-refractivity contribution in [1.82, 2.24) is 0 Å². The molecule has 0 nitrogen and oxygen atoms in total. The van der Waals surface area contributed by atoms with E-state index >= 15 is 0 Å². The summed E-state index contributed by atoms with van der Waals surface area (Å²) in [5.74, 6) is 0. The minimum Gasteiger partial charge on any atom is -0.0654 e. The first-order valence-corrected chi connectivity index (χ1v) is 33.1. The number of hydrogen-bond acceptors (Lipinski definition) is 0. The number of unbranched alkanes of at least 4 members (excludes halogenated alkanes) is 48. The zero-order valence-electron chi connectivity index (χ0n) is 44.1. The van der Waals surface area contributed by atoms with Gasteiger partial charge >= 0.3 is 315 Å². The quantitative estimate of drug-likeness (QED) is 0.0422. The van der Waals surface area contributed by atoms with Crippen LogP contribution in [-0.4, -0.2) is 24.6 Å². The van der Waals surface area contributed by atoms with E-state index in [0.29, 0.717) is 0 Å². The summed E-state index contributed by atoms with van der Waals surface area (Å²) < 4.78 is 0. The van der Waals surface area contributed by atoms with Crippen molar-refractivity contribution in [2.45, 2.75) is 362 Å². The minimum atomic E-state index is -1.19. The van der Waals surface area contributed by atoms with Gasteiger partial charge in [-0.25, -0.2) is 0 Å². The molecule has 0 atom stereocenters. The Morgan fingerprint density at radius 2 is 0.230 bits per heavy atom. The Morgan fingerprint density at radius 1 is 0.131 bits per heavy atom. The Hall–Kier alpha value is 0.430. The molecule has 0 aliphatic carbocycles. The molecule has 1 heteroatoms. The van der Waals surface area contributed by atoms with Crippen LogP contribution < -0.4 is 0 Å². The second-order valence-corrected chi connectivity index (χ2v) is 26.5. The Labute approximate surface area is 391 Å². The fourth-order valence-corrected chi connectivity index (χ4v) is 16.3. The van der Waals surface area contributed by atoms with Gasteiger partial charge < -0.3 is 0 Å². The molecule has 370 valence electrons. The van der Waals surface area contributed by atoms with Gasteiger partial charge in [0.2, 0.25) is 0 Å². The molecule has 0 amide bonds. The van der Waals surface area contributed by atoms with Gasteiger partial charge in [-0.2, -0.15) is 0 Å². The molecule has 0 aliphatic heterocycles. The summed E-state index contributed by atoms with van der Waals surface area (Å²) in [7, 11) is -1.19. The topological polar surface area (TPSA) is 0 Å². The van der Waals surface area contributed by atoms with E-state index in [2.05, 4.69) is 27.7 Å². The molecule has 0 radical (unpaired) electrons. The molecular formula is C60H125P. The van der Waals surface area contributed by atoms with Crippen molar-refractivity contribution in [2.24, 2.45) is 0 Å². The van der Waals surface area contributed by atoms with E-state index in [0.717, 1.165) is 0 Å². The summed E-state index contributed by atoms with van der Waals surface area (Å²) in [5.41, 5.74) is 0. The van der Waals surface area contributed by atoms with Gasteiger partial charge in [0, 0.05) is 0 Å². The second kappa shape index (κ2) is 54.8. The van der Waals surface area contributed by atoms with E-state index in [1.807, 2.05) is 0 Å². The van der Waals surface area contributed by atoms with Gasteiger partial charge in [0.25, 0.3) is 0 Å². The molecule has 0 aromatic rings. The van der Waals surface area contributed by atoms with E-state index in [1.54, 1.807) is 76.0 Å². The normalized spacial score (nSPS) is 12.3.